The minimum absolute atomic E-state index is 0. The van der Waals surface area contributed by atoms with Crippen molar-refractivity contribution in [2.75, 3.05) is 31.1 Å². The first kappa shape index (κ1) is 26.5. The summed E-state index contributed by atoms with van der Waals surface area (Å²) in [5, 5.41) is 6.50. The van der Waals surface area contributed by atoms with E-state index in [1.165, 1.54) is 12.8 Å². The lowest BCUT2D eigenvalue weighted by Crippen LogP contribution is -2.39. The minimum Gasteiger partial charge on any atom is -0.369 e. The molecule has 2 aliphatic rings. The van der Waals surface area contributed by atoms with Crippen molar-refractivity contribution in [1.29, 1.82) is 0 Å². The SMILES string of the molecule is CC(CC(=O)NCc1cccnc1N1CCC(C(N)=O)CC1)C1CCCNC1.Cl.Cl. The van der Waals surface area contributed by atoms with Crippen LogP contribution in [0.1, 0.15) is 44.6 Å². The van der Waals surface area contributed by atoms with E-state index in [1.807, 2.05) is 12.1 Å². The number of nitrogens with one attached hydrogen (secondary N) is 2. The molecule has 1 aromatic rings. The van der Waals surface area contributed by atoms with Crippen molar-refractivity contribution in [3.05, 3.63) is 23.9 Å². The van der Waals surface area contributed by atoms with Crippen molar-refractivity contribution in [2.24, 2.45) is 23.5 Å². The van der Waals surface area contributed by atoms with Gasteiger partial charge in [0.25, 0.3) is 0 Å². The van der Waals surface area contributed by atoms with Crippen molar-refractivity contribution in [3.8, 4) is 0 Å². The molecule has 2 atom stereocenters. The molecule has 2 amide bonds. The number of nitrogens with two attached hydrogens (primary N) is 1. The van der Waals surface area contributed by atoms with Gasteiger partial charge in [-0.3, -0.25) is 9.59 Å². The van der Waals surface area contributed by atoms with Gasteiger partial charge in [-0.15, -0.1) is 24.8 Å². The molecule has 0 aromatic carbocycles. The van der Waals surface area contributed by atoms with Crippen molar-refractivity contribution in [3.63, 3.8) is 0 Å². The number of carbonyl (C=O) groups is 2. The molecule has 3 heterocycles. The van der Waals surface area contributed by atoms with Gasteiger partial charge in [0.1, 0.15) is 5.82 Å². The Morgan fingerprint density at radius 3 is 2.67 bits per heavy atom. The average Bonchev–Trinajstić information content (AvgIpc) is 2.73. The maximum Gasteiger partial charge on any atom is 0.220 e. The number of primary amides is 1. The lowest BCUT2D eigenvalue weighted by molar-refractivity contribution is -0.123. The van der Waals surface area contributed by atoms with Gasteiger partial charge in [0.05, 0.1) is 0 Å². The van der Waals surface area contributed by atoms with Crippen molar-refractivity contribution in [2.45, 2.75) is 45.6 Å². The monoisotopic (exact) mass is 459 g/mol. The van der Waals surface area contributed by atoms with E-state index in [9.17, 15) is 9.59 Å². The van der Waals surface area contributed by atoms with Gasteiger partial charge in [-0.2, -0.15) is 0 Å². The molecule has 1 aromatic heterocycles. The Morgan fingerprint density at radius 2 is 2.03 bits per heavy atom. The Kier molecular flexibility index (Phi) is 11.4. The molecule has 2 fully saturated rings. The fourth-order valence-corrected chi connectivity index (χ4v) is 4.32. The second-order valence-electron chi connectivity index (χ2n) is 8.21. The van der Waals surface area contributed by atoms with Gasteiger partial charge in [-0.05, 0) is 56.7 Å². The Morgan fingerprint density at radius 1 is 1.30 bits per heavy atom. The van der Waals surface area contributed by atoms with Gasteiger partial charge < -0.3 is 21.3 Å². The summed E-state index contributed by atoms with van der Waals surface area (Å²) in [6.07, 6.45) is 6.25. The highest BCUT2D eigenvalue weighted by Crippen LogP contribution is 2.25. The quantitative estimate of drug-likeness (QED) is 0.580. The van der Waals surface area contributed by atoms with E-state index >= 15 is 0 Å². The van der Waals surface area contributed by atoms with E-state index in [2.05, 4.69) is 27.4 Å². The summed E-state index contributed by atoms with van der Waals surface area (Å²) >= 11 is 0. The number of amides is 2. The van der Waals surface area contributed by atoms with Gasteiger partial charge >= 0.3 is 0 Å². The molecular formula is C21H35Cl2N5O2. The molecule has 30 heavy (non-hydrogen) atoms. The predicted octanol–water partition coefficient (Wildman–Crippen LogP) is 2.27. The van der Waals surface area contributed by atoms with Crippen LogP contribution in [-0.4, -0.2) is 43.0 Å². The van der Waals surface area contributed by atoms with E-state index in [4.69, 9.17) is 5.73 Å². The Labute approximate surface area is 191 Å². The van der Waals surface area contributed by atoms with Gasteiger partial charge in [-0.1, -0.05) is 13.0 Å². The van der Waals surface area contributed by atoms with E-state index in [-0.39, 0.29) is 42.5 Å². The number of piperidine rings is 2. The molecule has 7 nitrogen and oxygen atoms in total. The van der Waals surface area contributed by atoms with Crippen LogP contribution in [0.3, 0.4) is 0 Å². The summed E-state index contributed by atoms with van der Waals surface area (Å²) in [6, 6.07) is 3.91. The van der Waals surface area contributed by atoms with Crippen LogP contribution in [0, 0.1) is 17.8 Å². The number of rotatable bonds is 7. The van der Waals surface area contributed by atoms with Crippen LogP contribution in [0.5, 0.6) is 0 Å². The maximum absolute atomic E-state index is 12.5. The zero-order valence-corrected chi connectivity index (χ0v) is 19.3. The number of carbonyl (C=O) groups excluding carboxylic acids is 2. The minimum atomic E-state index is -0.213. The Bertz CT molecular complexity index is 677. The molecule has 2 aliphatic heterocycles. The van der Waals surface area contributed by atoms with Gasteiger partial charge in [0, 0.05) is 43.7 Å². The van der Waals surface area contributed by atoms with Crippen LogP contribution in [0.15, 0.2) is 18.3 Å². The van der Waals surface area contributed by atoms with E-state index in [1.54, 1.807) is 6.20 Å². The number of nitrogens with zero attached hydrogens (tertiary/aromatic N) is 2. The predicted molar refractivity (Wildman–Crippen MR) is 124 cm³/mol. The van der Waals surface area contributed by atoms with Crippen LogP contribution in [0.4, 0.5) is 5.82 Å². The van der Waals surface area contributed by atoms with Crippen LogP contribution in [0.2, 0.25) is 0 Å². The molecule has 9 heteroatoms. The van der Waals surface area contributed by atoms with Crippen LogP contribution >= 0.6 is 24.8 Å². The Hall–Kier alpha value is -1.57. The summed E-state index contributed by atoms with van der Waals surface area (Å²) < 4.78 is 0. The summed E-state index contributed by atoms with van der Waals surface area (Å²) in [6.45, 7) is 6.29. The summed E-state index contributed by atoms with van der Waals surface area (Å²) in [4.78, 5) is 30.6. The first-order chi connectivity index (χ1) is 13.5. The fourth-order valence-electron chi connectivity index (χ4n) is 4.32. The van der Waals surface area contributed by atoms with Crippen LogP contribution in [-0.2, 0) is 16.1 Å². The number of aromatic nitrogens is 1. The molecule has 0 aliphatic carbocycles. The fraction of sp³-hybridized carbons (Fsp3) is 0.667. The number of hydrogen-bond acceptors (Lipinski definition) is 5. The van der Waals surface area contributed by atoms with Crippen molar-refractivity contribution in [1.82, 2.24) is 15.6 Å². The average molecular weight is 460 g/mol. The molecule has 2 unspecified atom stereocenters. The zero-order chi connectivity index (χ0) is 19.9. The molecule has 3 rings (SSSR count). The molecule has 2 saturated heterocycles. The highest BCUT2D eigenvalue weighted by atomic mass is 35.5. The molecule has 0 saturated carbocycles. The summed E-state index contributed by atoms with van der Waals surface area (Å²) in [5.41, 5.74) is 6.45. The third kappa shape index (κ3) is 7.29. The summed E-state index contributed by atoms with van der Waals surface area (Å²) in [7, 11) is 0. The number of hydrogen-bond donors (Lipinski definition) is 3. The topological polar surface area (TPSA) is 100 Å². The molecule has 0 bridgehead atoms. The number of pyridine rings is 1. The lowest BCUT2D eigenvalue weighted by atomic mass is 9.85. The largest absolute Gasteiger partial charge is 0.369 e. The van der Waals surface area contributed by atoms with Crippen LogP contribution in [0.25, 0.3) is 0 Å². The molecule has 0 radical (unpaired) electrons. The zero-order valence-electron chi connectivity index (χ0n) is 17.6. The van der Waals surface area contributed by atoms with Crippen molar-refractivity contribution < 1.29 is 9.59 Å². The molecule has 0 spiro atoms. The van der Waals surface area contributed by atoms with Gasteiger partial charge in [-0.25, -0.2) is 4.98 Å². The van der Waals surface area contributed by atoms with E-state index in [0.29, 0.717) is 24.8 Å². The number of anilines is 1. The Balaban J connectivity index is 0.00000225. The first-order valence-electron chi connectivity index (χ1n) is 10.5. The van der Waals surface area contributed by atoms with Crippen LogP contribution < -0.4 is 21.3 Å². The lowest BCUT2D eigenvalue weighted by Gasteiger charge is -2.32. The third-order valence-corrected chi connectivity index (χ3v) is 6.19. The third-order valence-electron chi connectivity index (χ3n) is 6.19. The van der Waals surface area contributed by atoms with E-state index in [0.717, 1.165) is 50.4 Å². The normalized spacial score (nSPS) is 20.4. The second-order valence-corrected chi connectivity index (χ2v) is 8.21. The highest BCUT2D eigenvalue weighted by molar-refractivity contribution is 5.85. The number of halogens is 2. The van der Waals surface area contributed by atoms with E-state index < -0.39 is 0 Å². The standard InChI is InChI=1S/C21H33N5O2.2ClH/c1-15(17-4-2-8-23-13-17)12-19(27)25-14-18-5-3-9-24-21(18)26-10-6-16(7-11-26)20(22)28;;/h3,5,9,15-17,23H,2,4,6-8,10-14H2,1H3,(H2,22,28)(H,25,27);2*1H. The van der Waals surface area contributed by atoms with Crippen molar-refractivity contribution >= 4 is 42.4 Å². The summed E-state index contributed by atoms with van der Waals surface area (Å²) in [5.74, 6) is 1.71. The molecular weight excluding hydrogens is 425 g/mol. The smallest absolute Gasteiger partial charge is 0.220 e. The van der Waals surface area contributed by atoms with Gasteiger partial charge in [0.15, 0.2) is 0 Å². The molecule has 4 N–H and O–H groups in total. The molecule has 170 valence electrons. The maximum atomic E-state index is 12.5. The second kappa shape index (κ2) is 13.0. The highest BCUT2D eigenvalue weighted by Gasteiger charge is 2.25. The van der Waals surface area contributed by atoms with Gasteiger partial charge in [0.2, 0.25) is 11.8 Å². The first-order valence-corrected chi connectivity index (χ1v) is 10.5.